The summed E-state index contributed by atoms with van der Waals surface area (Å²) in [5, 5.41) is 0.591. The van der Waals surface area contributed by atoms with Crippen LogP contribution in [0.15, 0.2) is 37.0 Å². The minimum atomic E-state index is -0.679. The van der Waals surface area contributed by atoms with Gasteiger partial charge in [-0.25, -0.2) is 9.36 Å². The Balaban J connectivity index is 2.34. The molecule has 6 nitrogen and oxygen atoms in total. The van der Waals surface area contributed by atoms with Crippen molar-refractivity contribution in [2.75, 3.05) is 3.53 Å². The van der Waals surface area contributed by atoms with Gasteiger partial charge >= 0.3 is 5.69 Å². The quantitative estimate of drug-likeness (QED) is 0.615. The van der Waals surface area contributed by atoms with Gasteiger partial charge in [-0.1, -0.05) is 18.5 Å². The van der Waals surface area contributed by atoms with Crippen molar-refractivity contribution in [2.45, 2.75) is 19.9 Å². The van der Waals surface area contributed by atoms with E-state index in [4.69, 9.17) is 11.6 Å². The van der Waals surface area contributed by atoms with Crippen LogP contribution in [0.1, 0.15) is 13.3 Å². The molecule has 0 fully saturated rings. The maximum Gasteiger partial charge on any atom is 0.337 e. The van der Waals surface area contributed by atoms with E-state index in [0.717, 1.165) is 0 Å². The molecule has 2 heterocycles. The molecule has 0 radical (unpaired) electrons. The van der Waals surface area contributed by atoms with E-state index in [1.807, 2.05) is 6.92 Å². The number of aromatic nitrogens is 2. The molecule has 1 N–H and O–H groups in total. The normalized spacial score (nSPS) is 12.7. The minimum absolute atomic E-state index is 0.289. The predicted octanol–water partition coefficient (Wildman–Crippen LogP) is 3.19. The lowest BCUT2D eigenvalue weighted by Gasteiger charge is -2.13. The maximum atomic E-state index is 12.6. The van der Waals surface area contributed by atoms with Crippen LogP contribution in [0.5, 0.6) is 0 Å². The Kier molecular flexibility index (Phi) is 3.94. The fourth-order valence-electron chi connectivity index (χ4n) is 2.15. The molecule has 0 bridgehead atoms. The molecule has 0 spiro atoms. The van der Waals surface area contributed by atoms with Gasteiger partial charge in [0.1, 0.15) is 21.3 Å². The van der Waals surface area contributed by atoms with E-state index >= 15 is 0 Å². The lowest BCUT2D eigenvalue weighted by molar-refractivity contribution is 0.602. The monoisotopic (exact) mass is 418 g/mol. The summed E-state index contributed by atoms with van der Waals surface area (Å²) in [6.07, 6.45) is 0.709. The van der Waals surface area contributed by atoms with Gasteiger partial charge in [0, 0.05) is 11.6 Å². The van der Waals surface area contributed by atoms with Crippen LogP contribution in [0.4, 0.5) is 11.5 Å². The average Bonchev–Trinajstić information content (AvgIpc) is 2.95. The molecule has 2 aromatic rings. The summed E-state index contributed by atoms with van der Waals surface area (Å²) in [6, 6.07) is 6.92. The topological polar surface area (TPSA) is 68.4 Å². The highest BCUT2D eigenvalue weighted by molar-refractivity contribution is 14.2. The Morgan fingerprint density at radius 2 is 2.00 bits per heavy atom. The molecule has 1 aromatic heterocycles. The Morgan fingerprint density at radius 3 is 2.67 bits per heavy atom. The number of fused-ring (bicyclic) bond motifs is 1. The number of rotatable bonds is 3. The molecular formula is C13H12ClIN4O2. The van der Waals surface area contributed by atoms with Crippen LogP contribution < -0.4 is 14.8 Å². The molecule has 1 aromatic carbocycles. The Labute approximate surface area is 135 Å². The summed E-state index contributed by atoms with van der Waals surface area (Å²) in [7, 11) is 0. The third kappa shape index (κ3) is 2.44. The van der Waals surface area contributed by atoms with Gasteiger partial charge in [0.05, 0.1) is 5.69 Å². The van der Waals surface area contributed by atoms with Gasteiger partial charge in [-0.3, -0.25) is 9.36 Å². The highest BCUT2D eigenvalue weighted by Gasteiger charge is 2.22. The number of benzene rings is 1. The molecule has 0 saturated heterocycles. The molecule has 3 rings (SSSR count). The fourth-order valence-corrected chi connectivity index (χ4v) is 3.80. The molecule has 21 heavy (non-hydrogen) atoms. The number of halogens is 2. The first-order valence-electron chi connectivity index (χ1n) is 6.39. The second-order valence-corrected chi connectivity index (χ2v) is 6.45. The van der Waals surface area contributed by atoms with E-state index in [1.54, 1.807) is 24.3 Å². The molecule has 8 heteroatoms. The van der Waals surface area contributed by atoms with Crippen molar-refractivity contribution in [1.82, 2.24) is 9.13 Å². The van der Waals surface area contributed by atoms with Gasteiger partial charge in [0.25, 0.3) is 5.56 Å². The van der Waals surface area contributed by atoms with Crippen LogP contribution in [0, 0.1) is 0 Å². The van der Waals surface area contributed by atoms with Crippen LogP contribution in [-0.4, -0.2) is 9.13 Å². The Bertz CT molecular complexity index is 839. The number of anilines is 1. The zero-order valence-corrected chi connectivity index (χ0v) is 14.1. The second-order valence-electron chi connectivity index (χ2n) is 4.51. The first kappa shape index (κ1) is 14.5. The van der Waals surface area contributed by atoms with Gasteiger partial charge < -0.3 is 3.53 Å². The summed E-state index contributed by atoms with van der Waals surface area (Å²) in [6.45, 7) is 2.31. The number of nitrogens with one attached hydrogen (secondary N) is 1. The Hall–Kier alpha value is -1.48. The summed E-state index contributed by atoms with van der Waals surface area (Å²) in [5.74, 6) is 0.424. The van der Waals surface area contributed by atoms with Crippen molar-refractivity contribution in [3.8, 4) is 5.69 Å². The molecule has 0 amide bonds. The summed E-state index contributed by atoms with van der Waals surface area (Å²) in [4.78, 5) is 25.0. The fraction of sp³-hybridized carbons (Fsp3) is 0.231. The molecule has 1 aliphatic heterocycles. The van der Waals surface area contributed by atoms with E-state index in [2.05, 4.69) is 6.68 Å². The lowest BCUT2D eigenvalue weighted by Crippen LogP contribution is -2.39. The van der Waals surface area contributed by atoms with Gasteiger partial charge in [-0.05, 0) is 30.7 Å². The van der Waals surface area contributed by atoms with E-state index in [9.17, 15) is 9.59 Å². The van der Waals surface area contributed by atoms with Crippen LogP contribution in [0.2, 0.25) is 5.02 Å². The van der Waals surface area contributed by atoms with E-state index < -0.39 is 21.3 Å². The second kappa shape index (κ2) is 5.72. The van der Waals surface area contributed by atoms with Crippen molar-refractivity contribution in [3.63, 3.8) is 0 Å². The summed E-state index contributed by atoms with van der Waals surface area (Å²) >= 11 is 5.21. The van der Waals surface area contributed by atoms with Gasteiger partial charge in [0.2, 0.25) is 0 Å². The maximum absolute atomic E-state index is 12.6. The number of hydrogen-bond donors (Lipinski definition) is 1. The van der Waals surface area contributed by atoms with Crippen molar-refractivity contribution in [1.29, 1.82) is 0 Å². The third-order valence-electron chi connectivity index (χ3n) is 3.11. The van der Waals surface area contributed by atoms with E-state index in [-0.39, 0.29) is 11.2 Å². The molecule has 0 aliphatic carbocycles. The molecule has 1 aliphatic rings. The molecule has 0 unspecified atom stereocenters. The Morgan fingerprint density at radius 1 is 1.29 bits per heavy atom. The highest BCUT2D eigenvalue weighted by Crippen LogP contribution is 2.33. The summed E-state index contributed by atoms with van der Waals surface area (Å²) in [5.41, 5.74) is 0.426. The van der Waals surface area contributed by atoms with Gasteiger partial charge in [0.15, 0.2) is 11.5 Å². The highest BCUT2D eigenvalue weighted by atomic mass is 127. The molecule has 110 valence electrons. The number of nitrogens with zero attached hydrogens (tertiary/aromatic N) is 3. The van der Waals surface area contributed by atoms with Crippen molar-refractivity contribution < 1.29 is 0 Å². The third-order valence-corrected chi connectivity index (χ3v) is 4.84. The van der Waals surface area contributed by atoms with E-state index in [0.29, 0.717) is 35.2 Å². The van der Waals surface area contributed by atoms with Gasteiger partial charge in [-0.2, -0.15) is 3.15 Å². The zero-order chi connectivity index (χ0) is 15.0. The van der Waals surface area contributed by atoms with Crippen LogP contribution in [0.3, 0.4) is 0 Å². The van der Waals surface area contributed by atoms with Gasteiger partial charge in [-0.15, -0.1) is 0 Å². The first-order chi connectivity index (χ1) is 10.1. The molecule has 0 saturated carbocycles. The van der Waals surface area contributed by atoms with E-state index in [1.165, 1.54) is 9.13 Å². The standard InChI is InChI=1S/C13H12ClIN4O2/c1-2-7-18-12(20)10-11(17-15-16-10)19(13(18)21)9-5-3-8(14)4-6-9/h3-6H,2,7H2,1H3,(H,16,17). The predicted molar refractivity (Wildman–Crippen MR) is 91.3 cm³/mol. The molecule has 0 atom stereocenters. The summed E-state index contributed by atoms with van der Waals surface area (Å²) < 4.78 is 10.1. The lowest BCUT2D eigenvalue weighted by atomic mass is 10.3. The zero-order valence-electron chi connectivity index (χ0n) is 11.1. The van der Waals surface area contributed by atoms with Crippen LogP contribution in [-0.2, 0) is 6.54 Å². The largest absolute Gasteiger partial charge is 0.337 e. The smallest absolute Gasteiger partial charge is 0.311 e. The van der Waals surface area contributed by atoms with Crippen LogP contribution in [0.25, 0.3) is 5.69 Å². The minimum Gasteiger partial charge on any atom is -0.311 e. The average molecular weight is 419 g/mol. The van der Waals surface area contributed by atoms with Crippen molar-refractivity contribution in [3.05, 3.63) is 50.1 Å². The van der Waals surface area contributed by atoms with Crippen molar-refractivity contribution in [2.24, 2.45) is 3.15 Å². The molecular weight excluding hydrogens is 407 g/mol. The number of hydrogen-bond acceptors (Lipinski definition) is 4. The van der Waals surface area contributed by atoms with Crippen molar-refractivity contribution >= 4 is 44.4 Å². The first-order valence-corrected chi connectivity index (χ1v) is 8.81. The SMILES string of the molecule is CCCn1c(=O)c2c(n(-c3ccc(Cl)cc3)c1=O)N=IN2. The van der Waals surface area contributed by atoms with Crippen LogP contribution >= 0.6 is 32.9 Å².